The summed E-state index contributed by atoms with van der Waals surface area (Å²) in [5, 5.41) is 8.93. The molecule has 94 valence electrons. The summed E-state index contributed by atoms with van der Waals surface area (Å²) in [4.78, 5) is 1.16. The molecule has 18 heavy (non-hydrogen) atoms. The van der Waals surface area contributed by atoms with Crippen molar-refractivity contribution in [3.8, 4) is 0 Å². The predicted octanol–water partition coefficient (Wildman–Crippen LogP) is 3.21. The molecule has 0 aliphatic heterocycles. The maximum Gasteiger partial charge on any atom is 0.128 e. The van der Waals surface area contributed by atoms with Crippen LogP contribution in [-0.4, -0.2) is 10.2 Å². The van der Waals surface area contributed by atoms with Gasteiger partial charge >= 0.3 is 0 Å². The maximum atomic E-state index is 5.69. The van der Waals surface area contributed by atoms with Gasteiger partial charge in [-0.15, -0.1) is 5.10 Å². The van der Waals surface area contributed by atoms with Crippen LogP contribution in [0.1, 0.15) is 30.9 Å². The minimum absolute atomic E-state index is 0.488. The molecule has 2 aromatic rings. The number of benzene rings is 1. The summed E-state index contributed by atoms with van der Waals surface area (Å²) in [5.74, 6) is 0.556. The van der Waals surface area contributed by atoms with Crippen LogP contribution >= 0.6 is 11.8 Å². The zero-order chi connectivity index (χ0) is 13.0. The maximum absolute atomic E-state index is 5.69. The fourth-order valence-electron chi connectivity index (χ4n) is 1.62. The molecule has 4 heteroatoms. The first-order valence-electron chi connectivity index (χ1n) is 5.99. The molecule has 0 bridgehead atoms. The highest BCUT2D eigenvalue weighted by Gasteiger charge is 2.05. The lowest BCUT2D eigenvalue weighted by Crippen LogP contribution is -2.00. The van der Waals surface area contributed by atoms with E-state index in [-0.39, 0.29) is 0 Å². The lowest BCUT2D eigenvalue weighted by molar-refractivity contribution is 0.862. The van der Waals surface area contributed by atoms with Gasteiger partial charge in [-0.2, -0.15) is 5.10 Å². The van der Waals surface area contributed by atoms with Crippen LogP contribution in [0.2, 0.25) is 0 Å². The Hall–Kier alpha value is -1.39. The lowest BCUT2D eigenvalue weighted by atomic mass is 10.0. The third-order valence-electron chi connectivity index (χ3n) is 2.75. The second-order valence-electron chi connectivity index (χ2n) is 4.39. The van der Waals surface area contributed by atoms with E-state index in [4.69, 9.17) is 5.73 Å². The van der Waals surface area contributed by atoms with Crippen molar-refractivity contribution < 1.29 is 0 Å². The van der Waals surface area contributed by atoms with Crippen LogP contribution in [0.5, 0.6) is 0 Å². The molecule has 0 radical (unpaired) electrons. The first-order chi connectivity index (χ1) is 8.70. The van der Waals surface area contributed by atoms with Gasteiger partial charge in [0.25, 0.3) is 0 Å². The number of hydrogen-bond acceptors (Lipinski definition) is 4. The van der Waals surface area contributed by atoms with Crippen molar-refractivity contribution in [3.63, 3.8) is 0 Å². The monoisotopic (exact) mass is 259 g/mol. The summed E-state index contributed by atoms with van der Waals surface area (Å²) in [6.45, 7) is 4.87. The highest BCUT2D eigenvalue weighted by molar-refractivity contribution is 7.99. The molecule has 0 amide bonds. The molecular weight excluding hydrogens is 242 g/mol. The smallest absolute Gasteiger partial charge is 0.128 e. The standard InChI is InChI=1S/C14H17N3S/c1-10(2)11-3-5-13(6-4-11)18-14-12(9-15)7-8-16-17-14/h3-8,10H,9,15H2,1-2H3. The van der Waals surface area contributed by atoms with E-state index < -0.39 is 0 Å². The molecule has 2 rings (SSSR count). The van der Waals surface area contributed by atoms with E-state index in [0.717, 1.165) is 15.5 Å². The Morgan fingerprint density at radius 1 is 1.17 bits per heavy atom. The van der Waals surface area contributed by atoms with Gasteiger partial charge in [-0.1, -0.05) is 37.7 Å². The molecule has 0 saturated heterocycles. The molecule has 0 atom stereocenters. The zero-order valence-corrected chi connectivity index (χ0v) is 11.4. The number of nitrogens with zero attached hydrogens (tertiary/aromatic N) is 2. The molecule has 0 fully saturated rings. The highest BCUT2D eigenvalue weighted by atomic mass is 32.2. The van der Waals surface area contributed by atoms with Crippen LogP contribution in [0.15, 0.2) is 46.5 Å². The Morgan fingerprint density at radius 3 is 2.50 bits per heavy atom. The minimum Gasteiger partial charge on any atom is -0.326 e. The first-order valence-corrected chi connectivity index (χ1v) is 6.81. The lowest BCUT2D eigenvalue weighted by Gasteiger charge is -2.07. The number of hydrogen-bond donors (Lipinski definition) is 1. The van der Waals surface area contributed by atoms with Gasteiger partial charge in [-0.25, -0.2) is 0 Å². The first kappa shape index (κ1) is 13.1. The van der Waals surface area contributed by atoms with Crippen LogP contribution in [-0.2, 0) is 6.54 Å². The van der Waals surface area contributed by atoms with E-state index in [1.807, 2.05) is 6.07 Å². The molecule has 0 aliphatic rings. The van der Waals surface area contributed by atoms with E-state index in [9.17, 15) is 0 Å². The molecule has 0 saturated carbocycles. The summed E-state index contributed by atoms with van der Waals surface area (Å²) in [7, 11) is 0. The summed E-state index contributed by atoms with van der Waals surface area (Å²) >= 11 is 1.61. The van der Waals surface area contributed by atoms with Crippen molar-refractivity contribution in [3.05, 3.63) is 47.7 Å². The van der Waals surface area contributed by atoms with Gasteiger partial charge < -0.3 is 5.73 Å². The zero-order valence-electron chi connectivity index (χ0n) is 10.6. The second kappa shape index (κ2) is 5.98. The molecule has 0 spiro atoms. The molecule has 3 nitrogen and oxygen atoms in total. The van der Waals surface area contributed by atoms with Crippen molar-refractivity contribution in [1.29, 1.82) is 0 Å². The van der Waals surface area contributed by atoms with E-state index in [1.54, 1.807) is 18.0 Å². The Kier molecular flexibility index (Phi) is 4.33. The number of aromatic nitrogens is 2. The van der Waals surface area contributed by atoms with Gasteiger partial charge in [0.05, 0.1) is 0 Å². The van der Waals surface area contributed by atoms with Crippen LogP contribution in [0.3, 0.4) is 0 Å². The quantitative estimate of drug-likeness (QED) is 0.916. The molecule has 1 aromatic carbocycles. The fourth-order valence-corrected chi connectivity index (χ4v) is 2.48. The topological polar surface area (TPSA) is 51.8 Å². The molecule has 0 unspecified atom stereocenters. The summed E-state index contributed by atoms with van der Waals surface area (Å²) in [6, 6.07) is 10.5. The van der Waals surface area contributed by atoms with Gasteiger partial charge in [-0.3, -0.25) is 0 Å². The molecule has 1 heterocycles. The largest absolute Gasteiger partial charge is 0.326 e. The van der Waals surface area contributed by atoms with Crippen LogP contribution in [0, 0.1) is 0 Å². The van der Waals surface area contributed by atoms with Gasteiger partial charge in [0.1, 0.15) is 5.03 Å². The van der Waals surface area contributed by atoms with Crippen molar-refractivity contribution in [1.82, 2.24) is 10.2 Å². The highest BCUT2D eigenvalue weighted by Crippen LogP contribution is 2.29. The van der Waals surface area contributed by atoms with E-state index >= 15 is 0 Å². The Balaban J connectivity index is 2.18. The molecule has 0 aliphatic carbocycles. The Morgan fingerprint density at radius 2 is 1.89 bits per heavy atom. The second-order valence-corrected chi connectivity index (χ2v) is 5.45. The predicted molar refractivity (Wildman–Crippen MR) is 74.6 cm³/mol. The third kappa shape index (κ3) is 3.09. The Bertz CT molecular complexity index is 509. The minimum atomic E-state index is 0.488. The van der Waals surface area contributed by atoms with E-state index in [0.29, 0.717) is 12.5 Å². The van der Waals surface area contributed by atoms with E-state index in [2.05, 4.69) is 48.3 Å². The Labute approximate surface area is 112 Å². The summed E-state index contributed by atoms with van der Waals surface area (Å²) in [6.07, 6.45) is 1.67. The van der Waals surface area contributed by atoms with E-state index in [1.165, 1.54) is 5.56 Å². The van der Waals surface area contributed by atoms with Crippen molar-refractivity contribution in [2.75, 3.05) is 0 Å². The third-order valence-corrected chi connectivity index (χ3v) is 3.79. The van der Waals surface area contributed by atoms with Crippen molar-refractivity contribution in [2.45, 2.75) is 36.2 Å². The number of rotatable bonds is 4. The normalized spacial score (nSPS) is 10.9. The average Bonchev–Trinajstić information content (AvgIpc) is 2.40. The van der Waals surface area contributed by atoms with Crippen LogP contribution in [0.4, 0.5) is 0 Å². The van der Waals surface area contributed by atoms with Crippen molar-refractivity contribution in [2.24, 2.45) is 5.73 Å². The number of nitrogens with two attached hydrogens (primary N) is 1. The summed E-state index contributed by atoms with van der Waals surface area (Å²) in [5.41, 5.74) is 8.06. The van der Waals surface area contributed by atoms with Crippen molar-refractivity contribution >= 4 is 11.8 Å². The average molecular weight is 259 g/mol. The van der Waals surface area contributed by atoms with Crippen LogP contribution in [0.25, 0.3) is 0 Å². The molecule has 2 N–H and O–H groups in total. The van der Waals surface area contributed by atoms with Gasteiger partial charge in [-0.05, 0) is 29.7 Å². The molecular formula is C14H17N3S. The van der Waals surface area contributed by atoms with Gasteiger partial charge in [0.2, 0.25) is 0 Å². The van der Waals surface area contributed by atoms with Gasteiger partial charge in [0, 0.05) is 23.2 Å². The molecule has 1 aromatic heterocycles. The fraction of sp³-hybridized carbons (Fsp3) is 0.286. The van der Waals surface area contributed by atoms with Gasteiger partial charge in [0.15, 0.2) is 0 Å². The summed E-state index contributed by atoms with van der Waals surface area (Å²) < 4.78 is 0. The van der Waals surface area contributed by atoms with Crippen LogP contribution < -0.4 is 5.73 Å². The SMILES string of the molecule is CC(C)c1ccc(Sc2nnccc2CN)cc1.